The Bertz CT molecular complexity index is 179. The molecule has 1 nitrogen and oxygen atoms in total. The molecule has 0 amide bonds. The molecule has 15 heavy (non-hydrogen) atoms. The van der Waals surface area contributed by atoms with Gasteiger partial charge in [0.2, 0.25) is 0 Å². The zero-order chi connectivity index (χ0) is 12.2. The minimum atomic E-state index is -0.284. The van der Waals surface area contributed by atoms with Crippen LogP contribution in [0.25, 0.3) is 0 Å². The predicted octanol–water partition coefficient (Wildman–Crippen LogP) is 4.76. The first kappa shape index (κ1) is 15.4. The normalized spacial score (nSPS) is 20.4. The molecule has 0 aliphatic heterocycles. The molecule has 2 heteroatoms. The third-order valence-corrected chi connectivity index (χ3v) is 4.63. The number of hydrogen-bond donors (Lipinski definition) is 0. The van der Waals surface area contributed by atoms with Crippen LogP contribution in [0, 0.1) is 17.8 Å². The van der Waals surface area contributed by atoms with Crippen LogP contribution >= 0.6 is 8.15 Å². The summed E-state index contributed by atoms with van der Waals surface area (Å²) in [4.78, 5) is 0. The van der Waals surface area contributed by atoms with E-state index in [-0.39, 0.29) is 13.7 Å². The molecule has 0 spiro atoms. The maximum absolute atomic E-state index is 6.28. The number of hydrogen-bond acceptors (Lipinski definition) is 1. The van der Waals surface area contributed by atoms with Gasteiger partial charge in [-0.3, -0.25) is 0 Å². The fourth-order valence-corrected chi connectivity index (χ4v) is 3.22. The van der Waals surface area contributed by atoms with Crippen LogP contribution in [0.4, 0.5) is 0 Å². The second-order valence-corrected chi connectivity index (χ2v) is 7.24. The molecule has 0 N–H and O–H groups in total. The maximum Gasteiger partial charge on any atom is 0.0749 e. The highest BCUT2D eigenvalue weighted by atomic mass is 31.1. The molecule has 0 bridgehead atoms. The molecule has 3 atom stereocenters. The lowest BCUT2D eigenvalue weighted by atomic mass is 9.74. The van der Waals surface area contributed by atoms with E-state index in [0.717, 1.165) is 0 Å². The van der Waals surface area contributed by atoms with E-state index in [0.29, 0.717) is 17.8 Å². The monoisotopic (exact) mass is 232 g/mol. The van der Waals surface area contributed by atoms with E-state index >= 15 is 0 Å². The summed E-state index contributed by atoms with van der Waals surface area (Å²) in [6, 6.07) is 0. The molecule has 0 saturated heterocycles. The van der Waals surface area contributed by atoms with Gasteiger partial charge < -0.3 is 4.52 Å². The zero-order valence-electron chi connectivity index (χ0n) is 11.8. The Morgan fingerprint density at radius 3 is 1.87 bits per heavy atom. The first-order valence-electron chi connectivity index (χ1n) is 6.12. The van der Waals surface area contributed by atoms with Gasteiger partial charge in [-0.25, -0.2) is 0 Å². The molecular formula is C13H29OP. The minimum absolute atomic E-state index is 0.0398. The van der Waals surface area contributed by atoms with Gasteiger partial charge in [-0.15, -0.1) is 0 Å². The van der Waals surface area contributed by atoms with E-state index in [1.54, 1.807) is 0 Å². The van der Waals surface area contributed by atoms with Crippen LogP contribution in [-0.2, 0) is 4.52 Å². The molecule has 0 aliphatic rings. The molecule has 92 valence electrons. The Labute approximate surface area is 97.8 Å². The SMILES string of the molecule is CCC(C)C(C)(OP(C)C)C(C)C(C)C. The highest BCUT2D eigenvalue weighted by molar-refractivity contribution is 7.50. The van der Waals surface area contributed by atoms with Gasteiger partial charge >= 0.3 is 0 Å². The van der Waals surface area contributed by atoms with Crippen LogP contribution in [0.2, 0.25) is 0 Å². The molecule has 0 aromatic heterocycles. The highest BCUT2D eigenvalue weighted by Crippen LogP contribution is 2.44. The Hall–Kier alpha value is 0.390. The lowest BCUT2D eigenvalue weighted by molar-refractivity contribution is -0.0248. The standard InChI is InChI=1S/C13H29OP/c1-9-11(4)13(6,14-15(7)8)12(5)10(2)3/h10-12H,9H2,1-8H3. The van der Waals surface area contributed by atoms with Crippen LogP contribution in [0.5, 0.6) is 0 Å². The second-order valence-electron chi connectivity index (χ2n) is 5.43. The van der Waals surface area contributed by atoms with Crippen LogP contribution in [0.1, 0.15) is 48.0 Å². The number of rotatable bonds is 6. The Balaban J connectivity index is 4.83. The van der Waals surface area contributed by atoms with Gasteiger partial charge in [-0.05, 0) is 38.0 Å². The van der Waals surface area contributed by atoms with E-state index < -0.39 is 0 Å². The van der Waals surface area contributed by atoms with Crippen LogP contribution in [0.15, 0.2) is 0 Å². The average molecular weight is 232 g/mol. The first-order valence-corrected chi connectivity index (χ1v) is 8.27. The highest BCUT2D eigenvalue weighted by Gasteiger charge is 2.39. The summed E-state index contributed by atoms with van der Waals surface area (Å²) in [6.45, 7) is 18.2. The lowest BCUT2D eigenvalue weighted by Gasteiger charge is -2.43. The van der Waals surface area contributed by atoms with Crippen molar-refractivity contribution in [1.29, 1.82) is 0 Å². The van der Waals surface area contributed by atoms with E-state index in [1.807, 2.05) is 0 Å². The van der Waals surface area contributed by atoms with E-state index in [4.69, 9.17) is 4.52 Å². The lowest BCUT2D eigenvalue weighted by Crippen LogP contribution is -2.43. The summed E-state index contributed by atoms with van der Waals surface area (Å²) in [5, 5.41) is 0. The van der Waals surface area contributed by atoms with Crippen LogP contribution < -0.4 is 0 Å². The summed E-state index contributed by atoms with van der Waals surface area (Å²) in [7, 11) is -0.284. The van der Waals surface area contributed by atoms with Crippen molar-refractivity contribution in [2.75, 3.05) is 13.3 Å². The Kier molecular flexibility index (Phi) is 6.37. The summed E-state index contributed by atoms with van der Waals surface area (Å²) >= 11 is 0. The topological polar surface area (TPSA) is 9.23 Å². The van der Waals surface area contributed by atoms with Gasteiger partial charge in [0.15, 0.2) is 0 Å². The van der Waals surface area contributed by atoms with Gasteiger partial charge in [0.25, 0.3) is 0 Å². The van der Waals surface area contributed by atoms with E-state index in [2.05, 4.69) is 54.9 Å². The molecule has 0 aliphatic carbocycles. The minimum Gasteiger partial charge on any atom is -0.353 e. The zero-order valence-corrected chi connectivity index (χ0v) is 12.7. The second kappa shape index (κ2) is 6.21. The fraction of sp³-hybridized carbons (Fsp3) is 1.00. The molecule has 0 saturated carbocycles. The predicted molar refractivity (Wildman–Crippen MR) is 71.7 cm³/mol. The summed E-state index contributed by atoms with van der Waals surface area (Å²) in [5.41, 5.74) is 0.0398. The third-order valence-electron chi connectivity index (χ3n) is 3.87. The van der Waals surface area contributed by atoms with Crippen molar-refractivity contribution in [3.05, 3.63) is 0 Å². The molecule has 3 unspecified atom stereocenters. The Morgan fingerprint density at radius 2 is 1.60 bits per heavy atom. The first-order chi connectivity index (χ1) is 6.75. The largest absolute Gasteiger partial charge is 0.353 e. The van der Waals surface area contributed by atoms with Crippen molar-refractivity contribution in [3.63, 3.8) is 0 Å². The van der Waals surface area contributed by atoms with Crippen molar-refractivity contribution in [1.82, 2.24) is 0 Å². The average Bonchev–Trinajstić information content (AvgIpc) is 2.13. The van der Waals surface area contributed by atoms with Crippen molar-refractivity contribution < 1.29 is 4.52 Å². The van der Waals surface area contributed by atoms with E-state index in [9.17, 15) is 0 Å². The molecule has 0 fully saturated rings. The maximum atomic E-state index is 6.28. The van der Waals surface area contributed by atoms with Crippen LogP contribution in [0.3, 0.4) is 0 Å². The van der Waals surface area contributed by atoms with Gasteiger partial charge in [0.05, 0.1) is 5.60 Å². The molecular weight excluding hydrogens is 203 g/mol. The summed E-state index contributed by atoms with van der Waals surface area (Å²) in [6.07, 6.45) is 1.19. The summed E-state index contributed by atoms with van der Waals surface area (Å²) in [5.74, 6) is 1.91. The molecule has 0 aromatic rings. The van der Waals surface area contributed by atoms with Crippen molar-refractivity contribution in [2.24, 2.45) is 17.8 Å². The third kappa shape index (κ3) is 4.04. The summed E-state index contributed by atoms with van der Waals surface area (Å²) < 4.78 is 6.28. The van der Waals surface area contributed by atoms with Crippen LogP contribution in [-0.4, -0.2) is 18.9 Å². The van der Waals surface area contributed by atoms with Gasteiger partial charge in [0, 0.05) is 8.15 Å². The fourth-order valence-electron chi connectivity index (χ4n) is 2.08. The van der Waals surface area contributed by atoms with Crippen molar-refractivity contribution >= 4 is 8.15 Å². The van der Waals surface area contributed by atoms with Crippen molar-refractivity contribution in [3.8, 4) is 0 Å². The molecule has 0 radical (unpaired) electrons. The van der Waals surface area contributed by atoms with Gasteiger partial charge in [-0.1, -0.05) is 41.0 Å². The van der Waals surface area contributed by atoms with Crippen molar-refractivity contribution in [2.45, 2.75) is 53.6 Å². The van der Waals surface area contributed by atoms with E-state index in [1.165, 1.54) is 6.42 Å². The quantitative estimate of drug-likeness (QED) is 0.600. The molecule has 0 rings (SSSR count). The smallest absolute Gasteiger partial charge is 0.0749 e. The van der Waals surface area contributed by atoms with Gasteiger partial charge in [-0.2, -0.15) is 0 Å². The molecule has 0 aromatic carbocycles. The van der Waals surface area contributed by atoms with Gasteiger partial charge in [0.1, 0.15) is 0 Å². The Morgan fingerprint density at radius 1 is 1.13 bits per heavy atom. The molecule has 0 heterocycles.